The SMILES string of the molecule is CNCNCc1cc(OC)c(OC)c(OC)c1. The van der Waals surface area contributed by atoms with Crippen molar-refractivity contribution >= 4 is 0 Å². The van der Waals surface area contributed by atoms with E-state index >= 15 is 0 Å². The molecular formula is C12H20N2O3. The lowest BCUT2D eigenvalue weighted by atomic mass is 10.2. The number of benzene rings is 1. The van der Waals surface area contributed by atoms with Crippen LogP contribution < -0.4 is 24.8 Å². The molecule has 96 valence electrons. The molecule has 5 nitrogen and oxygen atoms in total. The second kappa shape index (κ2) is 6.98. The molecule has 0 saturated carbocycles. The van der Waals surface area contributed by atoms with Crippen LogP contribution in [0.2, 0.25) is 0 Å². The molecule has 0 bridgehead atoms. The van der Waals surface area contributed by atoms with Crippen LogP contribution in [0.1, 0.15) is 5.56 Å². The van der Waals surface area contributed by atoms with Gasteiger partial charge in [-0.05, 0) is 24.7 Å². The van der Waals surface area contributed by atoms with Gasteiger partial charge in [-0.1, -0.05) is 0 Å². The van der Waals surface area contributed by atoms with Gasteiger partial charge < -0.3 is 24.8 Å². The van der Waals surface area contributed by atoms with Gasteiger partial charge in [0.1, 0.15) is 0 Å². The van der Waals surface area contributed by atoms with Crippen LogP contribution in [0.15, 0.2) is 12.1 Å². The van der Waals surface area contributed by atoms with Crippen LogP contribution in [0.3, 0.4) is 0 Å². The van der Waals surface area contributed by atoms with E-state index in [0.29, 0.717) is 17.2 Å². The zero-order valence-electron chi connectivity index (χ0n) is 10.8. The number of rotatable bonds is 7. The molecule has 1 aromatic carbocycles. The van der Waals surface area contributed by atoms with E-state index in [1.54, 1.807) is 21.3 Å². The Morgan fingerprint density at radius 3 is 2.00 bits per heavy atom. The third kappa shape index (κ3) is 3.51. The van der Waals surface area contributed by atoms with Gasteiger partial charge in [0, 0.05) is 13.2 Å². The van der Waals surface area contributed by atoms with E-state index < -0.39 is 0 Å². The van der Waals surface area contributed by atoms with Gasteiger partial charge in [0.15, 0.2) is 11.5 Å². The van der Waals surface area contributed by atoms with E-state index in [1.165, 1.54) is 0 Å². The maximum Gasteiger partial charge on any atom is 0.203 e. The highest BCUT2D eigenvalue weighted by Crippen LogP contribution is 2.38. The molecule has 2 N–H and O–H groups in total. The van der Waals surface area contributed by atoms with Crippen molar-refractivity contribution in [3.63, 3.8) is 0 Å². The highest BCUT2D eigenvalue weighted by molar-refractivity contribution is 5.53. The molecule has 0 unspecified atom stereocenters. The Kier molecular flexibility index (Phi) is 5.59. The lowest BCUT2D eigenvalue weighted by molar-refractivity contribution is 0.323. The molecule has 0 atom stereocenters. The fraction of sp³-hybridized carbons (Fsp3) is 0.500. The van der Waals surface area contributed by atoms with Gasteiger partial charge in [-0.15, -0.1) is 0 Å². The average molecular weight is 240 g/mol. The average Bonchev–Trinajstić information content (AvgIpc) is 2.37. The minimum atomic E-state index is 0.618. The molecule has 1 rings (SSSR count). The standard InChI is InChI=1S/C12H20N2O3/c1-13-8-14-7-9-5-10(15-2)12(17-4)11(6-9)16-3/h5-6,13-14H,7-8H2,1-4H3. The van der Waals surface area contributed by atoms with Crippen molar-refractivity contribution in [3.05, 3.63) is 17.7 Å². The fourth-order valence-electron chi connectivity index (χ4n) is 1.57. The predicted molar refractivity (Wildman–Crippen MR) is 66.9 cm³/mol. The van der Waals surface area contributed by atoms with Gasteiger partial charge in [-0.3, -0.25) is 0 Å². The van der Waals surface area contributed by atoms with Crippen LogP contribution >= 0.6 is 0 Å². The maximum atomic E-state index is 5.28. The Morgan fingerprint density at radius 1 is 1.00 bits per heavy atom. The summed E-state index contributed by atoms with van der Waals surface area (Å²) in [7, 11) is 6.71. The third-order valence-corrected chi connectivity index (χ3v) is 2.36. The zero-order valence-corrected chi connectivity index (χ0v) is 10.8. The topological polar surface area (TPSA) is 51.8 Å². The van der Waals surface area contributed by atoms with Crippen molar-refractivity contribution in [2.24, 2.45) is 0 Å². The quantitative estimate of drug-likeness (QED) is 0.549. The molecule has 0 spiro atoms. The molecule has 5 heteroatoms. The Morgan fingerprint density at radius 2 is 1.59 bits per heavy atom. The molecule has 0 amide bonds. The van der Waals surface area contributed by atoms with Gasteiger partial charge in [0.05, 0.1) is 21.3 Å². The van der Waals surface area contributed by atoms with E-state index in [2.05, 4.69) is 10.6 Å². The van der Waals surface area contributed by atoms with Crippen molar-refractivity contribution in [2.75, 3.05) is 35.0 Å². The third-order valence-electron chi connectivity index (χ3n) is 2.36. The number of methoxy groups -OCH3 is 3. The van der Waals surface area contributed by atoms with Crippen molar-refractivity contribution in [2.45, 2.75) is 6.54 Å². The molecule has 17 heavy (non-hydrogen) atoms. The summed E-state index contributed by atoms with van der Waals surface area (Å²) in [6.45, 7) is 1.48. The minimum absolute atomic E-state index is 0.618. The molecule has 0 saturated heterocycles. The predicted octanol–water partition coefficient (Wildman–Crippen LogP) is 0.979. The first-order valence-electron chi connectivity index (χ1n) is 5.41. The maximum absolute atomic E-state index is 5.28. The van der Waals surface area contributed by atoms with Gasteiger partial charge in [-0.2, -0.15) is 0 Å². The summed E-state index contributed by atoms with van der Waals surface area (Å²) >= 11 is 0. The zero-order chi connectivity index (χ0) is 12.7. The van der Waals surface area contributed by atoms with Crippen LogP contribution in [-0.4, -0.2) is 35.0 Å². The summed E-state index contributed by atoms with van der Waals surface area (Å²) in [6.07, 6.45) is 0. The first kappa shape index (κ1) is 13.6. The largest absolute Gasteiger partial charge is 0.493 e. The fourth-order valence-corrected chi connectivity index (χ4v) is 1.57. The van der Waals surface area contributed by atoms with Crippen LogP contribution in [0, 0.1) is 0 Å². The molecule has 0 heterocycles. The van der Waals surface area contributed by atoms with Crippen LogP contribution in [0.25, 0.3) is 0 Å². The second-order valence-electron chi connectivity index (χ2n) is 3.49. The number of hydrogen-bond donors (Lipinski definition) is 2. The Bertz CT molecular complexity index is 331. The molecule has 0 aliphatic heterocycles. The van der Waals surface area contributed by atoms with Crippen LogP contribution in [0.5, 0.6) is 17.2 Å². The van der Waals surface area contributed by atoms with E-state index in [1.807, 2.05) is 19.2 Å². The number of ether oxygens (including phenoxy) is 3. The number of hydrogen-bond acceptors (Lipinski definition) is 5. The summed E-state index contributed by atoms with van der Waals surface area (Å²) in [4.78, 5) is 0. The van der Waals surface area contributed by atoms with Crippen molar-refractivity contribution in [1.29, 1.82) is 0 Å². The summed E-state index contributed by atoms with van der Waals surface area (Å²) in [6, 6.07) is 3.87. The molecule has 0 aliphatic rings. The summed E-state index contributed by atoms with van der Waals surface area (Å²) in [5, 5.41) is 6.25. The summed E-state index contributed by atoms with van der Waals surface area (Å²) in [5.74, 6) is 1.97. The van der Waals surface area contributed by atoms with E-state index in [-0.39, 0.29) is 0 Å². The van der Waals surface area contributed by atoms with Crippen molar-refractivity contribution in [1.82, 2.24) is 10.6 Å². The van der Waals surface area contributed by atoms with E-state index in [4.69, 9.17) is 14.2 Å². The monoisotopic (exact) mass is 240 g/mol. The Labute approximate surface area is 102 Å². The first-order chi connectivity index (χ1) is 8.26. The molecule has 0 aliphatic carbocycles. The molecule has 0 radical (unpaired) electrons. The molecule has 0 fully saturated rings. The van der Waals surface area contributed by atoms with Crippen LogP contribution in [0.4, 0.5) is 0 Å². The van der Waals surface area contributed by atoms with Crippen molar-refractivity contribution < 1.29 is 14.2 Å². The normalized spacial score (nSPS) is 10.1. The van der Waals surface area contributed by atoms with Crippen molar-refractivity contribution in [3.8, 4) is 17.2 Å². The van der Waals surface area contributed by atoms with Gasteiger partial charge >= 0.3 is 0 Å². The second-order valence-corrected chi connectivity index (χ2v) is 3.49. The van der Waals surface area contributed by atoms with E-state index in [9.17, 15) is 0 Å². The molecule has 0 aromatic heterocycles. The minimum Gasteiger partial charge on any atom is -0.493 e. The lowest BCUT2D eigenvalue weighted by Gasteiger charge is -2.14. The highest BCUT2D eigenvalue weighted by Gasteiger charge is 2.12. The van der Waals surface area contributed by atoms with Gasteiger partial charge in [0.25, 0.3) is 0 Å². The van der Waals surface area contributed by atoms with E-state index in [0.717, 1.165) is 18.8 Å². The van der Waals surface area contributed by atoms with Gasteiger partial charge in [0.2, 0.25) is 5.75 Å². The smallest absolute Gasteiger partial charge is 0.203 e. The summed E-state index contributed by atoms with van der Waals surface area (Å²) in [5.41, 5.74) is 1.08. The molecular weight excluding hydrogens is 220 g/mol. The van der Waals surface area contributed by atoms with Crippen LogP contribution in [-0.2, 0) is 6.54 Å². The Balaban J connectivity index is 2.92. The first-order valence-corrected chi connectivity index (χ1v) is 5.41. The lowest BCUT2D eigenvalue weighted by Crippen LogP contribution is -2.25. The molecule has 1 aromatic rings. The highest BCUT2D eigenvalue weighted by atomic mass is 16.5. The number of nitrogens with one attached hydrogen (secondary N) is 2. The Hall–Kier alpha value is -1.46. The summed E-state index contributed by atoms with van der Waals surface area (Å²) < 4.78 is 15.8. The van der Waals surface area contributed by atoms with Gasteiger partial charge in [-0.25, -0.2) is 0 Å².